The van der Waals surface area contributed by atoms with Gasteiger partial charge in [0.25, 0.3) is 5.91 Å². The van der Waals surface area contributed by atoms with Crippen LogP contribution in [-0.2, 0) is 6.18 Å². The summed E-state index contributed by atoms with van der Waals surface area (Å²) in [5, 5.41) is 2.81. The molecule has 1 amide bonds. The highest BCUT2D eigenvalue weighted by molar-refractivity contribution is 9.10. The second kappa shape index (κ2) is 6.20. The number of para-hydroxylation sites is 1. The second-order valence-corrected chi connectivity index (χ2v) is 5.82. The lowest BCUT2D eigenvalue weighted by Crippen LogP contribution is -2.13. The molecule has 3 aromatic rings. The maximum Gasteiger partial charge on any atom is 0.418 e. The zero-order valence-electron chi connectivity index (χ0n) is 11.9. The number of nitrogens with one attached hydrogen (secondary N) is 1. The van der Waals surface area contributed by atoms with Gasteiger partial charge in [0.05, 0.1) is 22.3 Å². The largest absolute Gasteiger partial charge is 0.418 e. The summed E-state index contributed by atoms with van der Waals surface area (Å²) in [7, 11) is 0. The Morgan fingerprint density at radius 1 is 1.17 bits per heavy atom. The summed E-state index contributed by atoms with van der Waals surface area (Å²) < 4.78 is 39.9. The molecule has 0 aliphatic heterocycles. The van der Waals surface area contributed by atoms with E-state index in [1.807, 2.05) is 0 Å². The average molecular weight is 396 g/mol. The van der Waals surface area contributed by atoms with E-state index in [4.69, 9.17) is 0 Å². The van der Waals surface area contributed by atoms with Crippen LogP contribution in [0.2, 0.25) is 0 Å². The summed E-state index contributed by atoms with van der Waals surface area (Å²) in [6.45, 7) is 0. The minimum atomic E-state index is -4.52. The summed E-state index contributed by atoms with van der Waals surface area (Å²) in [6.07, 6.45) is -0.408. The lowest BCUT2D eigenvalue weighted by Gasteiger charge is -2.12. The summed E-state index contributed by atoms with van der Waals surface area (Å²) in [5.74, 6) is -0.478. The minimum Gasteiger partial charge on any atom is -0.321 e. The number of amides is 1. The molecular weight excluding hydrogens is 387 g/mol. The van der Waals surface area contributed by atoms with Crippen LogP contribution in [0.1, 0.15) is 15.9 Å². The number of hydrogen-bond acceptors (Lipinski definition) is 3. The molecule has 0 fully saturated rings. The van der Waals surface area contributed by atoms with Gasteiger partial charge in [-0.05, 0) is 34.1 Å². The third kappa shape index (κ3) is 3.23. The molecule has 122 valence electrons. The number of anilines is 1. The van der Waals surface area contributed by atoms with Gasteiger partial charge in [-0.25, -0.2) is 0 Å². The number of rotatable bonds is 2. The van der Waals surface area contributed by atoms with E-state index in [9.17, 15) is 18.0 Å². The maximum atomic E-state index is 13.1. The Balaban J connectivity index is 2.03. The van der Waals surface area contributed by atoms with E-state index in [0.717, 1.165) is 6.07 Å². The van der Waals surface area contributed by atoms with Crippen LogP contribution in [0.15, 0.2) is 53.4 Å². The normalized spacial score (nSPS) is 11.5. The molecule has 0 bridgehead atoms. The van der Waals surface area contributed by atoms with Crippen LogP contribution in [0.25, 0.3) is 10.9 Å². The third-order valence-electron chi connectivity index (χ3n) is 3.29. The molecule has 0 atom stereocenters. The van der Waals surface area contributed by atoms with E-state index >= 15 is 0 Å². The molecule has 2 heterocycles. The summed E-state index contributed by atoms with van der Waals surface area (Å²) in [5.41, 5.74) is -0.534. The van der Waals surface area contributed by atoms with E-state index < -0.39 is 17.6 Å². The first-order chi connectivity index (χ1) is 11.4. The molecule has 0 radical (unpaired) electrons. The Hall–Kier alpha value is -2.48. The molecule has 0 saturated heterocycles. The van der Waals surface area contributed by atoms with Crippen LogP contribution in [0.5, 0.6) is 0 Å². The van der Waals surface area contributed by atoms with Crippen molar-refractivity contribution < 1.29 is 18.0 Å². The molecule has 0 spiro atoms. The smallest absolute Gasteiger partial charge is 0.321 e. The highest BCUT2D eigenvalue weighted by Crippen LogP contribution is 2.35. The predicted octanol–water partition coefficient (Wildman–Crippen LogP) is 4.66. The number of alkyl halides is 3. The molecule has 0 saturated carbocycles. The van der Waals surface area contributed by atoms with Crippen molar-refractivity contribution in [3.05, 3.63) is 64.5 Å². The fourth-order valence-corrected chi connectivity index (χ4v) is 2.61. The topological polar surface area (TPSA) is 54.9 Å². The summed E-state index contributed by atoms with van der Waals surface area (Å²) >= 11 is 3.21. The first-order valence-electron chi connectivity index (χ1n) is 6.73. The molecule has 8 heteroatoms. The molecule has 2 aromatic heterocycles. The zero-order chi connectivity index (χ0) is 17.3. The number of nitrogens with zero attached hydrogens (tertiary/aromatic N) is 2. The van der Waals surface area contributed by atoms with E-state index in [1.165, 1.54) is 36.8 Å². The minimum absolute atomic E-state index is 0.212. The third-order valence-corrected chi connectivity index (χ3v) is 3.73. The Morgan fingerprint density at radius 3 is 2.67 bits per heavy atom. The summed E-state index contributed by atoms with van der Waals surface area (Å²) in [4.78, 5) is 20.0. The Kier molecular flexibility index (Phi) is 4.23. The number of halogens is 4. The first-order valence-corrected chi connectivity index (χ1v) is 7.52. The SMILES string of the molecule is O=C(Nc1ccnc2c(C(F)(F)F)cccc12)c1cncc(Br)c1. The van der Waals surface area contributed by atoms with Crippen LogP contribution in [-0.4, -0.2) is 15.9 Å². The van der Waals surface area contributed by atoms with Crippen molar-refractivity contribution in [2.24, 2.45) is 0 Å². The number of carbonyl (C=O) groups excluding carboxylic acids is 1. The molecule has 0 unspecified atom stereocenters. The average Bonchev–Trinajstić information content (AvgIpc) is 2.53. The standard InChI is InChI=1S/C16H9BrF3N3O/c17-10-6-9(7-21-8-10)15(24)23-13-4-5-22-14-11(13)2-1-3-12(14)16(18,19)20/h1-8H,(H,22,23,24). The number of hydrogen-bond donors (Lipinski definition) is 1. The van der Waals surface area contributed by atoms with Crippen molar-refractivity contribution in [1.29, 1.82) is 0 Å². The van der Waals surface area contributed by atoms with Gasteiger partial charge in [-0.15, -0.1) is 0 Å². The van der Waals surface area contributed by atoms with Crippen molar-refractivity contribution >= 4 is 38.4 Å². The van der Waals surface area contributed by atoms with Gasteiger partial charge >= 0.3 is 6.18 Å². The highest BCUT2D eigenvalue weighted by Gasteiger charge is 2.33. The van der Waals surface area contributed by atoms with Gasteiger partial charge in [-0.3, -0.25) is 14.8 Å². The Morgan fingerprint density at radius 2 is 1.96 bits per heavy atom. The van der Waals surface area contributed by atoms with Gasteiger partial charge in [0, 0.05) is 28.4 Å². The fourth-order valence-electron chi connectivity index (χ4n) is 2.24. The van der Waals surface area contributed by atoms with Crippen LogP contribution in [0.4, 0.5) is 18.9 Å². The van der Waals surface area contributed by atoms with Gasteiger partial charge in [-0.2, -0.15) is 13.2 Å². The van der Waals surface area contributed by atoms with Crippen molar-refractivity contribution in [3.8, 4) is 0 Å². The van der Waals surface area contributed by atoms with Crippen molar-refractivity contribution in [3.63, 3.8) is 0 Å². The van der Waals surface area contributed by atoms with Gasteiger partial charge < -0.3 is 5.32 Å². The van der Waals surface area contributed by atoms with Crippen LogP contribution in [0, 0.1) is 0 Å². The molecule has 1 aromatic carbocycles. The van der Waals surface area contributed by atoms with Gasteiger partial charge in [0.1, 0.15) is 0 Å². The monoisotopic (exact) mass is 395 g/mol. The zero-order valence-corrected chi connectivity index (χ0v) is 13.5. The lowest BCUT2D eigenvalue weighted by atomic mass is 10.1. The Bertz CT molecular complexity index is 928. The predicted molar refractivity (Wildman–Crippen MR) is 86.6 cm³/mol. The molecule has 4 nitrogen and oxygen atoms in total. The Labute approximate surface area is 142 Å². The van der Waals surface area contributed by atoms with Crippen LogP contribution in [0.3, 0.4) is 0 Å². The second-order valence-electron chi connectivity index (χ2n) is 4.90. The number of aromatic nitrogens is 2. The lowest BCUT2D eigenvalue weighted by molar-refractivity contribution is -0.136. The summed E-state index contributed by atoms with van der Waals surface area (Å²) in [6, 6.07) is 6.73. The fraction of sp³-hybridized carbons (Fsp3) is 0.0625. The van der Waals surface area contributed by atoms with Gasteiger partial charge in [0.15, 0.2) is 0 Å². The highest BCUT2D eigenvalue weighted by atomic mass is 79.9. The number of fused-ring (bicyclic) bond motifs is 1. The molecule has 3 rings (SSSR count). The van der Waals surface area contributed by atoms with Gasteiger partial charge in [-0.1, -0.05) is 12.1 Å². The van der Waals surface area contributed by atoms with E-state index in [1.54, 1.807) is 6.07 Å². The van der Waals surface area contributed by atoms with E-state index in [-0.39, 0.29) is 22.2 Å². The molecule has 0 aliphatic carbocycles. The molecular formula is C16H9BrF3N3O. The van der Waals surface area contributed by atoms with Crippen molar-refractivity contribution in [1.82, 2.24) is 9.97 Å². The number of benzene rings is 1. The maximum absolute atomic E-state index is 13.1. The van der Waals surface area contributed by atoms with Crippen LogP contribution < -0.4 is 5.32 Å². The molecule has 0 aliphatic rings. The quantitative estimate of drug-likeness (QED) is 0.686. The molecule has 24 heavy (non-hydrogen) atoms. The van der Waals surface area contributed by atoms with Crippen LogP contribution >= 0.6 is 15.9 Å². The van der Waals surface area contributed by atoms with E-state index in [0.29, 0.717) is 4.47 Å². The molecule has 1 N–H and O–H groups in total. The number of pyridine rings is 2. The first kappa shape index (κ1) is 16.4. The van der Waals surface area contributed by atoms with Crippen molar-refractivity contribution in [2.75, 3.05) is 5.32 Å². The number of carbonyl (C=O) groups is 1. The van der Waals surface area contributed by atoms with Crippen molar-refractivity contribution in [2.45, 2.75) is 6.18 Å². The van der Waals surface area contributed by atoms with Gasteiger partial charge in [0.2, 0.25) is 0 Å². The van der Waals surface area contributed by atoms with E-state index in [2.05, 4.69) is 31.2 Å².